The van der Waals surface area contributed by atoms with Crippen LogP contribution in [-0.2, 0) is 19.6 Å². The average molecular weight is 531 g/mol. The molecule has 0 saturated heterocycles. The minimum absolute atomic E-state index is 0.0888. The summed E-state index contributed by atoms with van der Waals surface area (Å²) >= 11 is 0. The number of carbonyl (C=O) groups is 1. The Bertz CT molecular complexity index is 976. The molecule has 7 saturated carbocycles. The van der Waals surface area contributed by atoms with Gasteiger partial charge in [-0.25, -0.2) is 0 Å². The normalized spacial score (nSPS) is 46.1. The third-order valence-corrected chi connectivity index (χ3v) is 11.6. The number of ether oxygens (including phenoxy) is 1. The molecule has 7 aliphatic rings. The third-order valence-electron chi connectivity index (χ3n) is 10.8. The second-order valence-corrected chi connectivity index (χ2v) is 13.5. The Hall–Kier alpha value is -1.04. The molecule has 0 heterocycles. The monoisotopic (exact) mass is 530 g/mol. The van der Waals surface area contributed by atoms with E-state index in [1.165, 1.54) is 0 Å². The van der Waals surface area contributed by atoms with Crippen LogP contribution in [0.5, 0.6) is 0 Å². The average Bonchev–Trinajstić information content (AvgIpc) is 3.51. The zero-order chi connectivity index (χ0) is 25.3. The van der Waals surface area contributed by atoms with Gasteiger partial charge >= 0.3 is 23.9 Å². The van der Waals surface area contributed by atoms with Gasteiger partial charge in [-0.15, -0.1) is 0 Å². The molecule has 0 amide bonds. The second kappa shape index (κ2) is 7.29. The first-order valence-corrected chi connectivity index (χ1v) is 14.1. The van der Waals surface area contributed by atoms with Gasteiger partial charge in [0.2, 0.25) is 0 Å². The predicted molar refractivity (Wildman–Crippen MR) is 108 cm³/mol. The lowest BCUT2D eigenvalue weighted by Crippen LogP contribution is -2.65. The van der Waals surface area contributed by atoms with Gasteiger partial charge in [0.05, 0.1) is 5.92 Å². The van der Waals surface area contributed by atoms with E-state index < -0.39 is 45.7 Å². The van der Waals surface area contributed by atoms with Gasteiger partial charge in [-0.2, -0.15) is 34.8 Å². The molecule has 7 rings (SSSR count). The summed E-state index contributed by atoms with van der Waals surface area (Å²) in [4.78, 5) is 13.3. The molecular formula is C23H28F6O5S. The summed E-state index contributed by atoms with van der Waals surface area (Å²) in [5.41, 5.74) is -5.32. The van der Waals surface area contributed by atoms with Crippen LogP contribution >= 0.6 is 0 Å². The molecule has 35 heavy (non-hydrogen) atoms. The van der Waals surface area contributed by atoms with E-state index in [1.807, 2.05) is 0 Å². The van der Waals surface area contributed by atoms with E-state index in [1.54, 1.807) is 0 Å². The van der Waals surface area contributed by atoms with Gasteiger partial charge in [-0.3, -0.25) is 9.35 Å². The molecule has 0 aliphatic heterocycles. The van der Waals surface area contributed by atoms with Gasteiger partial charge in [-0.1, -0.05) is 0 Å². The van der Waals surface area contributed by atoms with Gasteiger partial charge in [0.15, 0.2) is 0 Å². The van der Waals surface area contributed by atoms with E-state index in [0.717, 1.165) is 38.5 Å². The Labute approximate surface area is 199 Å². The molecule has 7 fully saturated rings. The Morgan fingerprint density at radius 1 is 0.743 bits per heavy atom. The molecule has 1 N–H and O–H groups in total. The highest BCUT2D eigenvalue weighted by molar-refractivity contribution is 7.85. The van der Waals surface area contributed by atoms with E-state index in [0.29, 0.717) is 35.5 Å². The minimum atomic E-state index is -6.28. The molecular weight excluding hydrogens is 502 g/mol. The number of alkyl halides is 6. The fourth-order valence-corrected chi connectivity index (χ4v) is 11.1. The largest absolute Gasteiger partial charge is 0.438 e. The highest BCUT2D eigenvalue weighted by Crippen LogP contribution is 2.75. The van der Waals surface area contributed by atoms with Gasteiger partial charge in [0, 0.05) is 0 Å². The van der Waals surface area contributed by atoms with Crippen molar-refractivity contribution in [2.75, 3.05) is 5.75 Å². The van der Waals surface area contributed by atoms with Crippen LogP contribution in [0.25, 0.3) is 0 Å². The molecule has 5 nitrogen and oxygen atoms in total. The van der Waals surface area contributed by atoms with E-state index in [-0.39, 0.29) is 30.1 Å². The summed E-state index contributed by atoms with van der Waals surface area (Å²) in [6, 6.07) is 0. The number of rotatable bonds is 4. The molecule has 12 heteroatoms. The SMILES string of the molecule is O=C(OC(CS(=O)(=O)O)(C(F)(F)F)C(F)(F)F)C1CC2C3C4CCC(C4)C3C1C1C3CCC(C3)C21. The summed E-state index contributed by atoms with van der Waals surface area (Å²) < 4.78 is 119. The van der Waals surface area contributed by atoms with Gasteiger partial charge in [-0.05, 0) is 104 Å². The van der Waals surface area contributed by atoms with Crippen LogP contribution in [0.15, 0.2) is 0 Å². The maximum Gasteiger partial charge on any atom is 0.438 e. The number of esters is 1. The lowest BCUT2D eigenvalue weighted by Gasteiger charge is -2.62. The molecule has 0 aromatic heterocycles. The Morgan fingerprint density at radius 2 is 1.17 bits per heavy atom. The van der Waals surface area contributed by atoms with Crippen LogP contribution in [-0.4, -0.2) is 42.6 Å². The molecule has 198 valence electrons. The molecule has 0 radical (unpaired) electrons. The lowest BCUT2D eigenvalue weighted by atomic mass is 9.42. The quantitative estimate of drug-likeness (QED) is 0.319. The molecule has 0 aromatic rings. The van der Waals surface area contributed by atoms with Crippen molar-refractivity contribution in [1.29, 1.82) is 0 Å². The van der Waals surface area contributed by atoms with Crippen molar-refractivity contribution in [2.45, 2.75) is 62.9 Å². The van der Waals surface area contributed by atoms with E-state index in [4.69, 9.17) is 4.55 Å². The highest BCUT2D eigenvalue weighted by Gasteiger charge is 2.77. The van der Waals surface area contributed by atoms with Crippen LogP contribution in [0.3, 0.4) is 0 Å². The molecule has 7 aliphatic carbocycles. The summed E-state index contributed by atoms with van der Waals surface area (Å²) in [6.45, 7) is 0. The standard InChI is InChI=1S/C23H28F6O5S/c24-22(25,26)21(23(27,28)29,8-35(31,32)33)34-20(30)14-7-13-15-9-1-3-11(5-9)17(15)19(14)18-12-4-2-10(6-12)16(13)18/h9-19H,1-8H2,(H,31,32,33). The summed E-state index contributed by atoms with van der Waals surface area (Å²) in [7, 11) is -5.79. The molecule has 9 atom stereocenters. The first-order valence-electron chi connectivity index (χ1n) is 12.4. The third kappa shape index (κ3) is 3.29. The van der Waals surface area contributed by atoms with Crippen LogP contribution in [0.4, 0.5) is 26.3 Å². The zero-order valence-corrected chi connectivity index (χ0v) is 19.6. The lowest BCUT2D eigenvalue weighted by molar-refractivity contribution is -0.363. The number of carbonyl (C=O) groups excluding carboxylic acids is 1. The van der Waals surface area contributed by atoms with Crippen molar-refractivity contribution in [1.82, 2.24) is 0 Å². The highest BCUT2D eigenvalue weighted by atomic mass is 32.2. The molecule has 6 bridgehead atoms. The topological polar surface area (TPSA) is 80.7 Å². The summed E-state index contributed by atoms with van der Waals surface area (Å²) in [5, 5.41) is 0. The number of fused-ring (bicyclic) bond motifs is 5. The van der Waals surface area contributed by atoms with Gasteiger partial charge < -0.3 is 4.74 Å². The minimum Gasteiger partial charge on any atom is -0.438 e. The molecule has 0 spiro atoms. The summed E-state index contributed by atoms with van der Waals surface area (Å²) in [6.07, 6.45) is -6.21. The molecule has 9 unspecified atom stereocenters. The number of hydrogen-bond donors (Lipinski definition) is 1. The van der Waals surface area contributed by atoms with Gasteiger partial charge in [0.25, 0.3) is 10.1 Å². The first-order chi connectivity index (χ1) is 16.1. The van der Waals surface area contributed by atoms with Crippen LogP contribution in [0.2, 0.25) is 0 Å². The van der Waals surface area contributed by atoms with Crippen LogP contribution in [0, 0.1) is 65.1 Å². The maximum atomic E-state index is 13.8. The predicted octanol–water partition coefficient (Wildman–Crippen LogP) is 4.87. The van der Waals surface area contributed by atoms with Crippen molar-refractivity contribution in [3.05, 3.63) is 0 Å². The fourth-order valence-electron chi connectivity index (χ4n) is 10.2. The second-order valence-electron chi connectivity index (χ2n) is 12.0. The Balaban J connectivity index is 1.37. The van der Waals surface area contributed by atoms with Crippen molar-refractivity contribution < 1.29 is 48.8 Å². The Morgan fingerprint density at radius 3 is 1.57 bits per heavy atom. The van der Waals surface area contributed by atoms with Gasteiger partial charge in [0.1, 0.15) is 5.75 Å². The van der Waals surface area contributed by atoms with Crippen LogP contribution in [0.1, 0.15) is 44.9 Å². The molecule has 0 aromatic carbocycles. The van der Waals surface area contributed by atoms with Crippen molar-refractivity contribution >= 4 is 16.1 Å². The number of halogens is 6. The Kier molecular flexibility index (Phi) is 5.06. The van der Waals surface area contributed by atoms with E-state index in [2.05, 4.69) is 4.74 Å². The van der Waals surface area contributed by atoms with Crippen molar-refractivity contribution in [3.63, 3.8) is 0 Å². The van der Waals surface area contributed by atoms with Crippen molar-refractivity contribution in [3.8, 4) is 0 Å². The van der Waals surface area contributed by atoms with E-state index >= 15 is 0 Å². The van der Waals surface area contributed by atoms with Crippen LogP contribution < -0.4 is 0 Å². The zero-order valence-electron chi connectivity index (χ0n) is 18.8. The number of hydrogen-bond acceptors (Lipinski definition) is 4. The summed E-state index contributed by atoms with van der Waals surface area (Å²) in [5.74, 6) is -3.13. The van der Waals surface area contributed by atoms with E-state index in [9.17, 15) is 39.6 Å². The first kappa shape index (κ1) is 24.3. The van der Waals surface area contributed by atoms with Crippen molar-refractivity contribution in [2.24, 2.45) is 65.1 Å². The fraction of sp³-hybridized carbons (Fsp3) is 0.957. The maximum absolute atomic E-state index is 13.8. The smallest absolute Gasteiger partial charge is 0.438 e.